The minimum absolute atomic E-state index is 0.0103. The first kappa shape index (κ1) is 35.7. The van der Waals surface area contributed by atoms with Crippen LogP contribution in [0.1, 0.15) is 72.0 Å². The van der Waals surface area contributed by atoms with Crippen LogP contribution in [0.5, 0.6) is 23.0 Å². The van der Waals surface area contributed by atoms with Gasteiger partial charge in [-0.05, 0) is 102 Å². The van der Waals surface area contributed by atoms with Gasteiger partial charge in [0.05, 0.1) is 13.2 Å². The Kier molecular flexibility index (Phi) is 13.0. The van der Waals surface area contributed by atoms with Gasteiger partial charge in [0.2, 0.25) is 6.79 Å². The zero-order valence-electron chi connectivity index (χ0n) is 27.9. The molecule has 50 heavy (non-hydrogen) atoms. The van der Waals surface area contributed by atoms with Crippen LogP contribution >= 0.6 is 0 Å². The van der Waals surface area contributed by atoms with Crippen molar-refractivity contribution in [2.24, 2.45) is 0 Å². The average molecular weight is 683 g/mol. The Bertz CT molecular complexity index is 1760. The summed E-state index contributed by atoms with van der Waals surface area (Å²) in [7, 11) is 0. The first-order valence-corrected chi connectivity index (χ1v) is 16.9. The Morgan fingerprint density at radius 3 is 2.40 bits per heavy atom. The van der Waals surface area contributed by atoms with Gasteiger partial charge in [0.25, 0.3) is 5.91 Å². The van der Waals surface area contributed by atoms with E-state index in [-0.39, 0.29) is 32.1 Å². The largest absolute Gasteiger partial charge is 0.494 e. The molecular formula is C39H42N2O9. The molecule has 5 rings (SSSR count). The maximum absolute atomic E-state index is 13.2. The van der Waals surface area contributed by atoms with E-state index in [1.165, 1.54) is 0 Å². The molecule has 0 bridgehead atoms. The molecule has 1 aliphatic rings. The molecule has 0 atom stereocenters. The van der Waals surface area contributed by atoms with E-state index in [2.05, 4.69) is 10.3 Å². The molecule has 1 amide bonds. The summed E-state index contributed by atoms with van der Waals surface area (Å²) in [5, 5.41) is 21.1. The summed E-state index contributed by atoms with van der Waals surface area (Å²) < 4.78 is 23.1. The number of aliphatic carboxylic acids is 2. The summed E-state index contributed by atoms with van der Waals surface area (Å²) in [5.41, 5.74) is 4.99. The molecule has 0 saturated carbocycles. The van der Waals surface area contributed by atoms with Gasteiger partial charge in [-0.1, -0.05) is 37.1 Å². The van der Waals surface area contributed by atoms with Crippen molar-refractivity contribution in [3.63, 3.8) is 0 Å². The number of carboxylic acid groups (broad SMARTS) is 2. The molecule has 3 N–H and O–H groups in total. The molecule has 4 aromatic rings. The molecule has 0 radical (unpaired) electrons. The summed E-state index contributed by atoms with van der Waals surface area (Å²) in [6.45, 7) is 1.26. The van der Waals surface area contributed by atoms with Gasteiger partial charge in [0.15, 0.2) is 11.5 Å². The quantitative estimate of drug-likeness (QED) is 0.0844. The number of benzene rings is 3. The Balaban J connectivity index is 1.16. The highest BCUT2D eigenvalue weighted by Gasteiger charge is 2.17. The van der Waals surface area contributed by atoms with Gasteiger partial charge in [-0.15, -0.1) is 0 Å². The molecule has 0 saturated heterocycles. The third-order valence-electron chi connectivity index (χ3n) is 8.27. The van der Waals surface area contributed by atoms with E-state index in [0.29, 0.717) is 54.6 Å². The van der Waals surface area contributed by atoms with Crippen molar-refractivity contribution in [1.82, 2.24) is 10.3 Å². The highest BCUT2D eigenvalue weighted by Crippen LogP contribution is 2.37. The number of carbonyl (C=O) groups is 3. The number of pyridine rings is 1. The Labute approximate surface area is 291 Å². The standard InChI is InChI=1S/C39H42N2O9/c42-37(43)12-7-19-48-34-11-5-10-28(33(34)14-16-38(44)45)9-3-1-2-4-18-47-32-21-30(29-13-15-35-36(23-29)50-26-49-35)20-31(22-32)39(46)41-25-27-8-6-17-40-24-27/h5-6,8,10-11,13,15,17,20-24H,1-4,7,9,12,14,16,18-19,25-26H2,(H,41,46)(H,42,43)(H,44,45). The van der Waals surface area contributed by atoms with E-state index in [1.807, 2.05) is 60.7 Å². The average Bonchev–Trinajstić information content (AvgIpc) is 3.60. The van der Waals surface area contributed by atoms with Crippen LogP contribution in [-0.4, -0.2) is 53.0 Å². The number of hydrogen-bond acceptors (Lipinski definition) is 8. The number of fused-ring (bicyclic) bond motifs is 1. The number of rotatable bonds is 20. The fourth-order valence-corrected chi connectivity index (χ4v) is 5.71. The van der Waals surface area contributed by atoms with Crippen molar-refractivity contribution in [3.05, 3.63) is 101 Å². The highest BCUT2D eigenvalue weighted by atomic mass is 16.7. The highest BCUT2D eigenvalue weighted by molar-refractivity contribution is 5.96. The van der Waals surface area contributed by atoms with Crippen molar-refractivity contribution in [2.75, 3.05) is 20.0 Å². The van der Waals surface area contributed by atoms with E-state index in [4.69, 9.17) is 24.1 Å². The maximum Gasteiger partial charge on any atom is 0.303 e. The Morgan fingerprint density at radius 2 is 1.58 bits per heavy atom. The van der Waals surface area contributed by atoms with E-state index < -0.39 is 11.9 Å². The number of unbranched alkanes of at least 4 members (excludes halogenated alkanes) is 3. The zero-order chi connectivity index (χ0) is 35.1. The summed E-state index contributed by atoms with van der Waals surface area (Å²) in [6.07, 6.45) is 8.51. The van der Waals surface area contributed by atoms with Gasteiger partial charge in [-0.2, -0.15) is 0 Å². The fourth-order valence-electron chi connectivity index (χ4n) is 5.71. The normalized spacial score (nSPS) is 11.6. The van der Waals surface area contributed by atoms with Crippen molar-refractivity contribution < 1.29 is 43.5 Å². The lowest BCUT2D eigenvalue weighted by molar-refractivity contribution is -0.138. The number of carbonyl (C=O) groups excluding carboxylic acids is 1. The SMILES string of the molecule is O=C(O)CCCOc1cccc(CCCCCCOc2cc(C(=O)NCc3cccnc3)cc(-c3ccc4c(c3)OCO4)c2)c1CCC(=O)O. The van der Waals surface area contributed by atoms with E-state index >= 15 is 0 Å². The van der Waals surface area contributed by atoms with Crippen LogP contribution in [0.2, 0.25) is 0 Å². The third kappa shape index (κ3) is 10.7. The van der Waals surface area contributed by atoms with Crippen LogP contribution in [0.4, 0.5) is 0 Å². The van der Waals surface area contributed by atoms with Crippen LogP contribution in [0.25, 0.3) is 11.1 Å². The molecule has 2 heterocycles. The Morgan fingerprint density at radius 1 is 0.760 bits per heavy atom. The van der Waals surface area contributed by atoms with Gasteiger partial charge in [0, 0.05) is 37.3 Å². The molecule has 0 unspecified atom stereocenters. The molecule has 11 heteroatoms. The monoisotopic (exact) mass is 682 g/mol. The lowest BCUT2D eigenvalue weighted by Crippen LogP contribution is -2.23. The predicted molar refractivity (Wildman–Crippen MR) is 186 cm³/mol. The number of nitrogens with zero attached hydrogens (tertiary/aromatic N) is 1. The molecule has 1 aromatic heterocycles. The number of hydrogen-bond donors (Lipinski definition) is 3. The molecular weight excluding hydrogens is 640 g/mol. The van der Waals surface area contributed by atoms with E-state index in [1.54, 1.807) is 18.5 Å². The van der Waals surface area contributed by atoms with Crippen molar-refractivity contribution >= 4 is 17.8 Å². The topological polar surface area (TPSA) is 154 Å². The van der Waals surface area contributed by atoms with Crippen molar-refractivity contribution in [3.8, 4) is 34.1 Å². The summed E-state index contributed by atoms with van der Waals surface area (Å²) in [6, 6.07) is 20.6. The first-order valence-electron chi connectivity index (χ1n) is 16.9. The van der Waals surface area contributed by atoms with Gasteiger partial charge in [-0.25, -0.2) is 0 Å². The molecule has 0 aliphatic carbocycles. The third-order valence-corrected chi connectivity index (χ3v) is 8.27. The van der Waals surface area contributed by atoms with Crippen molar-refractivity contribution in [1.29, 1.82) is 0 Å². The summed E-state index contributed by atoms with van der Waals surface area (Å²) in [4.78, 5) is 39.5. The predicted octanol–water partition coefficient (Wildman–Crippen LogP) is 6.85. The second-order valence-electron chi connectivity index (χ2n) is 12.0. The number of aryl methyl sites for hydroxylation is 1. The van der Waals surface area contributed by atoms with Crippen molar-refractivity contribution in [2.45, 2.75) is 64.3 Å². The van der Waals surface area contributed by atoms with Gasteiger partial charge in [0.1, 0.15) is 11.5 Å². The van der Waals surface area contributed by atoms with Gasteiger partial charge in [-0.3, -0.25) is 19.4 Å². The number of amides is 1. The number of aromatic nitrogens is 1. The first-order chi connectivity index (χ1) is 24.4. The second kappa shape index (κ2) is 18.3. The summed E-state index contributed by atoms with van der Waals surface area (Å²) in [5.74, 6) is 0.569. The lowest BCUT2D eigenvalue weighted by atomic mass is 9.97. The van der Waals surface area contributed by atoms with Crippen LogP contribution < -0.4 is 24.3 Å². The molecule has 0 spiro atoms. The van der Waals surface area contributed by atoms with Gasteiger partial charge >= 0.3 is 11.9 Å². The minimum Gasteiger partial charge on any atom is -0.494 e. The Hall–Kier alpha value is -5.58. The van der Waals surface area contributed by atoms with Crippen LogP contribution in [0, 0.1) is 0 Å². The number of ether oxygens (including phenoxy) is 4. The number of carboxylic acids is 2. The summed E-state index contributed by atoms with van der Waals surface area (Å²) >= 11 is 0. The van der Waals surface area contributed by atoms with Crippen LogP contribution in [0.15, 0.2) is 79.1 Å². The lowest BCUT2D eigenvalue weighted by Gasteiger charge is -2.15. The van der Waals surface area contributed by atoms with Crippen LogP contribution in [0.3, 0.4) is 0 Å². The smallest absolute Gasteiger partial charge is 0.303 e. The maximum atomic E-state index is 13.2. The fraction of sp³-hybridized carbons (Fsp3) is 0.333. The molecule has 0 fully saturated rings. The van der Waals surface area contributed by atoms with E-state index in [9.17, 15) is 19.5 Å². The molecule has 1 aliphatic heterocycles. The minimum atomic E-state index is -0.879. The van der Waals surface area contributed by atoms with Crippen LogP contribution in [-0.2, 0) is 29.0 Å². The van der Waals surface area contributed by atoms with E-state index in [0.717, 1.165) is 59.9 Å². The second-order valence-corrected chi connectivity index (χ2v) is 12.0. The molecule has 262 valence electrons. The number of nitrogens with one attached hydrogen (secondary N) is 1. The zero-order valence-corrected chi connectivity index (χ0v) is 27.9. The molecule has 11 nitrogen and oxygen atoms in total. The molecule has 3 aromatic carbocycles. The van der Waals surface area contributed by atoms with Gasteiger partial charge < -0.3 is 34.5 Å².